The van der Waals surface area contributed by atoms with Crippen LogP contribution < -0.4 is 5.32 Å². The lowest BCUT2D eigenvalue weighted by Crippen LogP contribution is -2.39. The van der Waals surface area contributed by atoms with Gasteiger partial charge in [0.1, 0.15) is 5.82 Å². The van der Waals surface area contributed by atoms with Gasteiger partial charge in [-0.25, -0.2) is 4.68 Å². The Kier molecular flexibility index (Phi) is 5.47. The Labute approximate surface area is 156 Å². The van der Waals surface area contributed by atoms with E-state index in [9.17, 15) is 4.79 Å². The van der Waals surface area contributed by atoms with E-state index in [1.165, 1.54) is 12.8 Å². The minimum atomic E-state index is -0.0815. The van der Waals surface area contributed by atoms with Gasteiger partial charge in [0.25, 0.3) is 0 Å². The summed E-state index contributed by atoms with van der Waals surface area (Å²) in [6, 6.07) is 11.9. The van der Waals surface area contributed by atoms with Crippen molar-refractivity contribution < 1.29 is 4.79 Å². The largest absolute Gasteiger partial charge is 0.309 e. The highest BCUT2D eigenvalue weighted by atomic mass is 16.2. The Hall–Kier alpha value is -2.14. The molecule has 1 aromatic carbocycles. The van der Waals surface area contributed by atoms with E-state index >= 15 is 0 Å². The highest BCUT2D eigenvalue weighted by molar-refractivity contribution is 5.91. The second kappa shape index (κ2) is 7.62. The third-order valence-corrected chi connectivity index (χ3v) is 4.85. The summed E-state index contributed by atoms with van der Waals surface area (Å²) in [5, 5.41) is 7.84. The number of hydrogen-bond donors (Lipinski definition) is 1. The molecule has 1 amide bonds. The molecule has 0 aliphatic carbocycles. The van der Waals surface area contributed by atoms with Crippen LogP contribution >= 0.6 is 0 Å². The van der Waals surface area contributed by atoms with Crippen molar-refractivity contribution in [1.29, 1.82) is 0 Å². The van der Waals surface area contributed by atoms with Gasteiger partial charge in [0.2, 0.25) is 5.91 Å². The van der Waals surface area contributed by atoms with E-state index in [0.29, 0.717) is 12.5 Å². The topological polar surface area (TPSA) is 50.2 Å². The Morgan fingerprint density at radius 2 is 2.00 bits per heavy atom. The van der Waals surface area contributed by atoms with Crippen molar-refractivity contribution in [3.05, 3.63) is 42.1 Å². The Bertz CT molecular complexity index is 745. The summed E-state index contributed by atoms with van der Waals surface area (Å²) < 4.78 is 1.83. The summed E-state index contributed by atoms with van der Waals surface area (Å²) in [5.41, 5.74) is 1.83. The van der Waals surface area contributed by atoms with Crippen LogP contribution in [0.5, 0.6) is 0 Å². The summed E-state index contributed by atoms with van der Waals surface area (Å²) in [4.78, 5) is 14.9. The number of hydrogen-bond acceptors (Lipinski definition) is 3. The maximum absolute atomic E-state index is 12.6. The first-order valence-corrected chi connectivity index (χ1v) is 9.51. The van der Waals surface area contributed by atoms with Crippen molar-refractivity contribution >= 4 is 11.7 Å². The average molecular weight is 354 g/mol. The van der Waals surface area contributed by atoms with Crippen LogP contribution in [0.4, 0.5) is 5.82 Å². The molecule has 1 fully saturated rings. The zero-order valence-electron chi connectivity index (χ0n) is 16.3. The van der Waals surface area contributed by atoms with E-state index in [-0.39, 0.29) is 11.3 Å². The molecular formula is C21H30N4O. The molecule has 0 saturated carbocycles. The van der Waals surface area contributed by atoms with Crippen LogP contribution in [0, 0.1) is 5.92 Å². The van der Waals surface area contributed by atoms with Crippen LogP contribution in [-0.4, -0.2) is 40.2 Å². The maximum Gasteiger partial charge on any atom is 0.239 e. The van der Waals surface area contributed by atoms with Gasteiger partial charge in [0.15, 0.2) is 0 Å². The van der Waals surface area contributed by atoms with E-state index in [4.69, 9.17) is 5.10 Å². The standard InChI is InChI=1S/C21H30N4O/c1-16-9-8-12-24(14-16)15-20(26)22-19-13-18(21(2,3)4)23-25(19)17-10-6-5-7-11-17/h5-7,10-11,13,16H,8-9,12,14-15H2,1-4H3,(H,22,26)/t16-/m0/s1. The number of nitrogens with one attached hydrogen (secondary N) is 1. The summed E-state index contributed by atoms with van der Waals surface area (Å²) in [6.45, 7) is 11.1. The van der Waals surface area contributed by atoms with Crippen molar-refractivity contribution in [2.45, 2.75) is 46.0 Å². The zero-order chi connectivity index (χ0) is 18.7. The van der Waals surface area contributed by atoms with Crippen molar-refractivity contribution in [1.82, 2.24) is 14.7 Å². The molecule has 0 bridgehead atoms. The zero-order valence-corrected chi connectivity index (χ0v) is 16.3. The van der Waals surface area contributed by atoms with E-state index in [1.54, 1.807) is 0 Å². The number of piperidine rings is 1. The smallest absolute Gasteiger partial charge is 0.239 e. The van der Waals surface area contributed by atoms with Crippen LogP contribution in [-0.2, 0) is 10.2 Å². The van der Waals surface area contributed by atoms with E-state index < -0.39 is 0 Å². The predicted octanol–water partition coefficient (Wildman–Crippen LogP) is 3.84. The molecular weight excluding hydrogens is 324 g/mol. The number of carbonyl (C=O) groups excluding carboxylic acids is 1. The van der Waals surface area contributed by atoms with Crippen LogP contribution in [0.3, 0.4) is 0 Å². The molecule has 1 aliphatic rings. The number of likely N-dealkylation sites (tertiary alicyclic amines) is 1. The second-order valence-corrected chi connectivity index (χ2v) is 8.44. The molecule has 2 heterocycles. The highest BCUT2D eigenvalue weighted by Gasteiger charge is 2.23. The molecule has 26 heavy (non-hydrogen) atoms. The molecule has 0 radical (unpaired) electrons. The molecule has 5 heteroatoms. The predicted molar refractivity (Wildman–Crippen MR) is 106 cm³/mol. The van der Waals surface area contributed by atoms with Crippen LogP contribution in [0.1, 0.15) is 46.2 Å². The van der Waals surface area contributed by atoms with Gasteiger partial charge < -0.3 is 5.32 Å². The molecule has 1 saturated heterocycles. The molecule has 5 nitrogen and oxygen atoms in total. The SMILES string of the molecule is C[C@H]1CCCN(CC(=O)Nc2cc(C(C)(C)C)nn2-c2ccccc2)C1. The normalized spacial score (nSPS) is 18.7. The molecule has 1 aliphatic heterocycles. The van der Waals surface area contributed by atoms with Crippen molar-refractivity contribution in [3.63, 3.8) is 0 Å². The van der Waals surface area contributed by atoms with Gasteiger partial charge >= 0.3 is 0 Å². The number of para-hydroxylation sites is 1. The van der Waals surface area contributed by atoms with Crippen LogP contribution in [0.25, 0.3) is 5.69 Å². The monoisotopic (exact) mass is 354 g/mol. The van der Waals surface area contributed by atoms with Crippen LogP contribution in [0.15, 0.2) is 36.4 Å². The number of amides is 1. The fourth-order valence-corrected chi connectivity index (χ4v) is 3.42. The second-order valence-electron chi connectivity index (χ2n) is 8.44. The highest BCUT2D eigenvalue weighted by Crippen LogP contribution is 2.26. The minimum absolute atomic E-state index is 0.0247. The number of anilines is 1. The van der Waals surface area contributed by atoms with Gasteiger partial charge in [0, 0.05) is 18.0 Å². The number of benzene rings is 1. The quantitative estimate of drug-likeness (QED) is 0.907. The molecule has 0 spiro atoms. The summed E-state index contributed by atoms with van der Waals surface area (Å²) in [5.74, 6) is 1.42. The van der Waals surface area contributed by atoms with Crippen molar-refractivity contribution in [2.24, 2.45) is 5.92 Å². The number of carbonyl (C=O) groups is 1. The minimum Gasteiger partial charge on any atom is -0.309 e. The molecule has 1 atom stereocenters. The number of nitrogens with zero attached hydrogens (tertiary/aromatic N) is 3. The van der Waals surface area contributed by atoms with Crippen molar-refractivity contribution in [3.8, 4) is 5.69 Å². The van der Waals surface area contributed by atoms with E-state index in [2.05, 4.69) is 37.9 Å². The number of rotatable bonds is 4. The molecule has 140 valence electrons. The third-order valence-electron chi connectivity index (χ3n) is 4.85. The van der Waals surface area contributed by atoms with Gasteiger partial charge in [-0.3, -0.25) is 9.69 Å². The van der Waals surface area contributed by atoms with Gasteiger partial charge in [-0.1, -0.05) is 45.9 Å². The Balaban J connectivity index is 1.79. The number of aromatic nitrogens is 2. The summed E-state index contributed by atoms with van der Waals surface area (Å²) in [6.07, 6.45) is 2.43. The molecule has 3 rings (SSSR count). The van der Waals surface area contributed by atoms with Gasteiger partial charge in [-0.05, 0) is 37.4 Å². The summed E-state index contributed by atoms with van der Waals surface area (Å²) >= 11 is 0. The maximum atomic E-state index is 12.6. The Morgan fingerprint density at radius 3 is 2.65 bits per heavy atom. The van der Waals surface area contributed by atoms with Gasteiger partial charge in [0.05, 0.1) is 17.9 Å². The molecule has 1 aromatic heterocycles. The fourth-order valence-electron chi connectivity index (χ4n) is 3.42. The van der Waals surface area contributed by atoms with Crippen molar-refractivity contribution in [2.75, 3.05) is 25.0 Å². The lowest BCUT2D eigenvalue weighted by atomic mass is 9.92. The fraction of sp³-hybridized carbons (Fsp3) is 0.524. The Morgan fingerprint density at radius 1 is 1.27 bits per heavy atom. The molecule has 2 aromatic rings. The first-order chi connectivity index (χ1) is 12.3. The lowest BCUT2D eigenvalue weighted by Gasteiger charge is -2.30. The van der Waals surface area contributed by atoms with E-state index in [1.807, 2.05) is 41.1 Å². The van der Waals surface area contributed by atoms with Crippen LogP contribution in [0.2, 0.25) is 0 Å². The lowest BCUT2D eigenvalue weighted by molar-refractivity contribution is -0.117. The average Bonchev–Trinajstić information content (AvgIpc) is 2.99. The van der Waals surface area contributed by atoms with E-state index in [0.717, 1.165) is 30.3 Å². The third kappa shape index (κ3) is 4.52. The molecule has 1 N–H and O–H groups in total. The first kappa shape index (κ1) is 18.6. The summed E-state index contributed by atoms with van der Waals surface area (Å²) in [7, 11) is 0. The first-order valence-electron chi connectivity index (χ1n) is 9.51. The van der Waals surface area contributed by atoms with Gasteiger partial charge in [-0.15, -0.1) is 0 Å². The molecule has 0 unspecified atom stereocenters. The van der Waals surface area contributed by atoms with Gasteiger partial charge in [-0.2, -0.15) is 5.10 Å².